The van der Waals surface area contributed by atoms with E-state index in [0.29, 0.717) is 25.3 Å². The van der Waals surface area contributed by atoms with Crippen molar-refractivity contribution in [1.29, 1.82) is 0 Å². The van der Waals surface area contributed by atoms with E-state index in [1.165, 1.54) is 11.1 Å². The van der Waals surface area contributed by atoms with E-state index in [0.717, 1.165) is 19.4 Å². The molecule has 0 aromatic heterocycles. The number of hydrogen-bond acceptors (Lipinski definition) is 2. The number of benzene rings is 1. The normalized spacial score (nSPS) is 19.4. The van der Waals surface area contributed by atoms with Gasteiger partial charge in [-0.15, -0.1) is 0 Å². The van der Waals surface area contributed by atoms with Gasteiger partial charge in [0, 0.05) is 25.9 Å². The zero-order chi connectivity index (χ0) is 16.8. The molecule has 1 aromatic rings. The summed E-state index contributed by atoms with van der Waals surface area (Å²) in [6.45, 7) is 5.71. The van der Waals surface area contributed by atoms with Crippen LogP contribution in [-0.4, -0.2) is 35.0 Å². The topological polar surface area (TPSA) is 57.6 Å². The third-order valence-corrected chi connectivity index (χ3v) is 4.84. The van der Waals surface area contributed by atoms with Crippen LogP contribution in [-0.2, 0) is 9.59 Å². The summed E-state index contributed by atoms with van der Waals surface area (Å²) in [6, 6.07) is 8.22. The van der Waals surface area contributed by atoms with Gasteiger partial charge in [-0.2, -0.15) is 0 Å². The van der Waals surface area contributed by atoms with Crippen molar-refractivity contribution in [2.75, 3.05) is 13.1 Å². The molecule has 1 N–H and O–H groups in total. The summed E-state index contributed by atoms with van der Waals surface area (Å²) in [5.74, 6) is -0.0110. The van der Waals surface area contributed by atoms with Crippen LogP contribution in [0.1, 0.15) is 56.1 Å². The van der Waals surface area contributed by atoms with Crippen LogP contribution in [0.3, 0.4) is 0 Å². The smallest absolute Gasteiger partial charge is 0.303 e. The number of piperidine rings is 1. The molecule has 1 heterocycles. The molecule has 0 saturated carbocycles. The van der Waals surface area contributed by atoms with Gasteiger partial charge in [0.25, 0.3) is 0 Å². The van der Waals surface area contributed by atoms with Crippen molar-refractivity contribution in [2.24, 2.45) is 5.92 Å². The lowest BCUT2D eigenvalue weighted by Crippen LogP contribution is -2.40. The molecule has 1 aliphatic heterocycles. The fourth-order valence-corrected chi connectivity index (χ4v) is 3.50. The number of nitrogens with zero attached hydrogens (tertiary/aromatic N) is 1. The summed E-state index contributed by atoms with van der Waals surface area (Å²) in [7, 11) is 0. The Balaban J connectivity index is 1.89. The monoisotopic (exact) mass is 317 g/mol. The average Bonchev–Trinajstić information content (AvgIpc) is 2.53. The van der Waals surface area contributed by atoms with E-state index < -0.39 is 5.97 Å². The number of amides is 1. The Morgan fingerprint density at radius 1 is 1.35 bits per heavy atom. The van der Waals surface area contributed by atoms with Crippen LogP contribution in [0.25, 0.3) is 0 Å². The van der Waals surface area contributed by atoms with Crippen LogP contribution in [0.15, 0.2) is 24.3 Å². The Kier molecular flexibility index (Phi) is 6.20. The number of carbonyl (C=O) groups is 2. The van der Waals surface area contributed by atoms with Crippen LogP contribution >= 0.6 is 0 Å². The Labute approximate surface area is 138 Å². The molecule has 0 aliphatic carbocycles. The summed E-state index contributed by atoms with van der Waals surface area (Å²) < 4.78 is 0. The highest BCUT2D eigenvalue weighted by atomic mass is 16.4. The van der Waals surface area contributed by atoms with E-state index in [1.54, 1.807) is 0 Å². The molecule has 4 nitrogen and oxygen atoms in total. The summed E-state index contributed by atoms with van der Waals surface area (Å²) in [4.78, 5) is 25.2. The van der Waals surface area contributed by atoms with Crippen LogP contribution in [0, 0.1) is 12.8 Å². The molecule has 126 valence electrons. The molecule has 2 atom stereocenters. The van der Waals surface area contributed by atoms with E-state index in [1.807, 2.05) is 17.0 Å². The number of carboxylic acids is 1. The molecule has 0 bridgehead atoms. The standard InChI is InChI=1S/C19H27NO3/c1-14-6-3-4-8-17(14)15(2)12-18(21)20-11-5-7-16(13-20)9-10-19(22)23/h3-4,6,8,15-16H,5,7,9-13H2,1-2H3,(H,22,23)/t15-,16-/m0/s1. The molecule has 0 unspecified atom stereocenters. The van der Waals surface area contributed by atoms with Crippen molar-refractivity contribution >= 4 is 11.9 Å². The molecule has 4 heteroatoms. The maximum atomic E-state index is 12.6. The average molecular weight is 317 g/mol. The van der Waals surface area contributed by atoms with Crippen LogP contribution in [0.5, 0.6) is 0 Å². The highest BCUT2D eigenvalue weighted by molar-refractivity contribution is 5.77. The second-order valence-corrected chi connectivity index (χ2v) is 6.74. The lowest BCUT2D eigenvalue weighted by atomic mass is 9.91. The first-order valence-corrected chi connectivity index (χ1v) is 8.52. The predicted molar refractivity (Wildman–Crippen MR) is 90.4 cm³/mol. The minimum atomic E-state index is -0.748. The van der Waals surface area contributed by atoms with Gasteiger partial charge in [0.05, 0.1) is 0 Å². The number of aryl methyl sites for hydroxylation is 1. The Morgan fingerprint density at radius 3 is 2.78 bits per heavy atom. The third kappa shape index (κ3) is 5.08. The van der Waals surface area contributed by atoms with Crippen molar-refractivity contribution in [3.63, 3.8) is 0 Å². The summed E-state index contributed by atoms with van der Waals surface area (Å²) in [5, 5.41) is 8.81. The Bertz CT molecular complexity index is 555. The Morgan fingerprint density at radius 2 is 2.09 bits per heavy atom. The first-order valence-electron chi connectivity index (χ1n) is 8.52. The summed E-state index contributed by atoms with van der Waals surface area (Å²) >= 11 is 0. The predicted octanol–water partition coefficient (Wildman–Crippen LogP) is 3.59. The summed E-state index contributed by atoms with van der Waals surface area (Å²) in [6.07, 6.45) is 3.41. The first-order chi connectivity index (χ1) is 11.0. The van der Waals surface area contributed by atoms with Crippen LogP contribution in [0.2, 0.25) is 0 Å². The lowest BCUT2D eigenvalue weighted by Gasteiger charge is -2.33. The molecular formula is C19H27NO3. The fraction of sp³-hybridized carbons (Fsp3) is 0.579. The zero-order valence-corrected chi connectivity index (χ0v) is 14.1. The van der Waals surface area contributed by atoms with Crippen molar-refractivity contribution in [1.82, 2.24) is 4.90 Å². The van der Waals surface area contributed by atoms with Gasteiger partial charge in [-0.05, 0) is 49.1 Å². The van der Waals surface area contributed by atoms with Crippen LogP contribution in [0.4, 0.5) is 0 Å². The number of carbonyl (C=O) groups excluding carboxylic acids is 1. The van der Waals surface area contributed by atoms with E-state index in [9.17, 15) is 9.59 Å². The van der Waals surface area contributed by atoms with Gasteiger partial charge in [-0.25, -0.2) is 0 Å². The second kappa shape index (κ2) is 8.14. The maximum absolute atomic E-state index is 12.6. The van der Waals surface area contributed by atoms with Gasteiger partial charge in [0.1, 0.15) is 0 Å². The third-order valence-electron chi connectivity index (χ3n) is 4.84. The number of carboxylic acid groups (broad SMARTS) is 1. The van der Waals surface area contributed by atoms with Gasteiger partial charge in [-0.1, -0.05) is 31.2 Å². The van der Waals surface area contributed by atoms with Crippen molar-refractivity contribution < 1.29 is 14.7 Å². The minimum absolute atomic E-state index is 0.195. The van der Waals surface area contributed by atoms with Crippen molar-refractivity contribution in [2.45, 2.75) is 51.9 Å². The lowest BCUT2D eigenvalue weighted by molar-refractivity contribution is -0.137. The Hall–Kier alpha value is -1.84. The maximum Gasteiger partial charge on any atom is 0.303 e. The van der Waals surface area contributed by atoms with Gasteiger partial charge in [0.15, 0.2) is 0 Å². The molecular weight excluding hydrogens is 290 g/mol. The molecule has 0 spiro atoms. The molecule has 1 aromatic carbocycles. The quantitative estimate of drug-likeness (QED) is 0.872. The number of rotatable bonds is 6. The molecule has 0 radical (unpaired) electrons. The number of aliphatic carboxylic acids is 1. The highest BCUT2D eigenvalue weighted by Gasteiger charge is 2.25. The van der Waals surface area contributed by atoms with Gasteiger partial charge in [-0.3, -0.25) is 9.59 Å². The second-order valence-electron chi connectivity index (χ2n) is 6.74. The van der Waals surface area contributed by atoms with E-state index in [4.69, 9.17) is 5.11 Å². The minimum Gasteiger partial charge on any atom is -0.481 e. The molecule has 1 saturated heterocycles. The highest BCUT2D eigenvalue weighted by Crippen LogP contribution is 2.26. The van der Waals surface area contributed by atoms with E-state index in [2.05, 4.69) is 26.0 Å². The molecule has 1 amide bonds. The number of hydrogen-bond donors (Lipinski definition) is 1. The molecule has 23 heavy (non-hydrogen) atoms. The molecule has 2 rings (SSSR count). The van der Waals surface area contributed by atoms with Gasteiger partial charge >= 0.3 is 5.97 Å². The van der Waals surface area contributed by atoms with Crippen molar-refractivity contribution in [3.8, 4) is 0 Å². The molecule has 1 fully saturated rings. The van der Waals surface area contributed by atoms with Gasteiger partial charge in [0.2, 0.25) is 5.91 Å². The van der Waals surface area contributed by atoms with Crippen molar-refractivity contribution in [3.05, 3.63) is 35.4 Å². The number of likely N-dealkylation sites (tertiary alicyclic amines) is 1. The van der Waals surface area contributed by atoms with E-state index >= 15 is 0 Å². The molecule has 1 aliphatic rings. The fourth-order valence-electron chi connectivity index (χ4n) is 3.50. The van der Waals surface area contributed by atoms with Crippen LogP contribution < -0.4 is 0 Å². The largest absolute Gasteiger partial charge is 0.481 e. The summed E-state index contributed by atoms with van der Waals surface area (Å²) in [5.41, 5.74) is 2.46. The SMILES string of the molecule is Cc1ccccc1[C@@H](C)CC(=O)N1CCC[C@@H](CCC(=O)O)C1. The van der Waals surface area contributed by atoms with Gasteiger partial charge < -0.3 is 10.0 Å². The van der Waals surface area contributed by atoms with E-state index in [-0.39, 0.29) is 18.2 Å². The zero-order valence-electron chi connectivity index (χ0n) is 14.1. The first kappa shape index (κ1) is 17.5.